The van der Waals surface area contributed by atoms with E-state index in [1.807, 2.05) is 49.6 Å². The maximum absolute atomic E-state index is 11.8. The Morgan fingerprint density at radius 1 is 1.36 bits per heavy atom. The van der Waals surface area contributed by atoms with Gasteiger partial charge in [0.05, 0.1) is 6.21 Å². The van der Waals surface area contributed by atoms with E-state index in [0.29, 0.717) is 11.0 Å². The first-order chi connectivity index (χ1) is 12.1. The Hall–Kier alpha value is -2.19. The van der Waals surface area contributed by atoms with Gasteiger partial charge in [-0.3, -0.25) is 4.79 Å². The van der Waals surface area contributed by atoms with Crippen molar-refractivity contribution in [2.24, 2.45) is 5.10 Å². The number of nitrogens with zero attached hydrogens (tertiary/aromatic N) is 3. The number of halogens is 1. The van der Waals surface area contributed by atoms with E-state index in [1.54, 1.807) is 6.07 Å². The third kappa shape index (κ3) is 7.06. The molecule has 1 aromatic carbocycles. The first kappa shape index (κ1) is 19.1. The Kier molecular flexibility index (Phi) is 7.62. The fourth-order valence-corrected chi connectivity index (χ4v) is 2.55. The topological polar surface area (TPSA) is 76.5 Å². The second kappa shape index (κ2) is 9.95. The fraction of sp³-hybridized carbons (Fsp3) is 0.176. The molecule has 0 bridgehead atoms. The molecule has 1 aromatic heterocycles. The number of rotatable bonds is 7. The van der Waals surface area contributed by atoms with Gasteiger partial charge in [0.2, 0.25) is 5.88 Å². The minimum atomic E-state index is -0.377. The van der Waals surface area contributed by atoms with Gasteiger partial charge in [-0.2, -0.15) is 10.1 Å². The maximum atomic E-state index is 11.8. The molecule has 25 heavy (non-hydrogen) atoms. The fourth-order valence-electron chi connectivity index (χ4n) is 1.76. The van der Waals surface area contributed by atoms with Crippen molar-refractivity contribution in [2.75, 3.05) is 12.9 Å². The first-order valence-corrected chi connectivity index (χ1v) is 9.35. The highest BCUT2D eigenvalue weighted by Crippen LogP contribution is 2.15. The summed E-state index contributed by atoms with van der Waals surface area (Å²) in [5, 5.41) is 4.47. The van der Waals surface area contributed by atoms with Crippen LogP contribution in [0.25, 0.3) is 6.08 Å². The van der Waals surface area contributed by atoms with Crippen LogP contribution >= 0.6 is 27.7 Å². The lowest BCUT2D eigenvalue weighted by molar-refractivity contribution is -0.123. The molecule has 6 nitrogen and oxygen atoms in total. The summed E-state index contributed by atoms with van der Waals surface area (Å²) in [5.41, 5.74) is 4.21. The van der Waals surface area contributed by atoms with Crippen LogP contribution in [0, 0.1) is 6.92 Å². The molecule has 0 radical (unpaired) electrons. The molecule has 0 spiro atoms. The average Bonchev–Trinajstić information content (AvgIpc) is 2.60. The molecular formula is C17H17BrN4O2S. The Labute approximate surface area is 158 Å². The van der Waals surface area contributed by atoms with Crippen molar-refractivity contribution in [3.63, 3.8) is 0 Å². The molecular weight excluding hydrogens is 404 g/mol. The SMILES string of the molecule is CSc1nc(C)cc(OCC(=O)NN=CC(Br)=Cc2ccccc2)n1. The highest BCUT2D eigenvalue weighted by molar-refractivity contribution is 9.12. The Balaban J connectivity index is 1.82. The third-order valence-corrected chi connectivity index (χ3v) is 3.81. The monoisotopic (exact) mass is 420 g/mol. The molecule has 0 unspecified atom stereocenters. The van der Waals surface area contributed by atoms with E-state index in [4.69, 9.17) is 4.74 Å². The molecule has 2 rings (SSSR count). The van der Waals surface area contributed by atoms with Crippen LogP contribution in [-0.4, -0.2) is 35.0 Å². The lowest BCUT2D eigenvalue weighted by Crippen LogP contribution is -2.24. The van der Waals surface area contributed by atoms with Gasteiger partial charge in [-0.05, 0) is 40.7 Å². The highest BCUT2D eigenvalue weighted by Gasteiger charge is 2.05. The van der Waals surface area contributed by atoms with Crippen molar-refractivity contribution < 1.29 is 9.53 Å². The summed E-state index contributed by atoms with van der Waals surface area (Å²) in [7, 11) is 0. The van der Waals surface area contributed by atoms with E-state index in [0.717, 1.165) is 15.7 Å². The molecule has 1 N–H and O–H groups in total. The summed E-state index contributed by atoms with van der Waals surface area (Å²) < 4.78 is 6.10. The summed E-state index contributed by atoms with van der Waals surface area (Å²) in [4.78, 5) is 20.2. The number of amides is 1. The molecule has 0 aliphatic heterocycles. The summed E-state index contributed by atoms with van der Waals surface area (Å²) >= 11 is 4.79. The summed E-state index contributed by atoms with van der Waals surface area (Å²) in [6.07, 6.45) is 5.27. The van der Waals surface area contributed by atoms with Crippen LogP contribution < -0.4 is 10.2 Å². The van der Waals surface area contributed by atoms with Crippen molar-refractivity contribution in [3.05, 3.63) is 52.1 Å². The predicted molar refractivity (Wildman–Crippen MR) is 104 cm³/mol. The number of hydrogen-bond donors (Lipinski definition) is 1. The molecule has 0 saturated carbocycles. The van der Waals surface area contributed by atoms with Gasteiger partial charge in [0.1, 0.15) is 0 Å². The van der Waals surface area contributed by atoms with Gasteiger partial charge in [0.25, 0.3) is 5.91 Å². The lowest BCUT2D eigenvalue weighted by Gasteiger charge is -2.06. The van der Waals surface area contributed by atoms with Crippen LogP contribution in [0.1, 0.15) is 11.3 Å². The molecule has 2 aromatic rings. The molecule has 0 atom stereocenters. The van der Waals surface area contributed by atoms with Crippen LogP contribution in [0.5, 0.6) is 5.88 Å². The second-order valence-electron chi connectivity index (χ2n) is 4.86. The molecule has 0 aliphatic rings. The number of ether oxygens (including phenoxy) is 1. The van der Waals surface area contributed by atoms with Crippen LogP contribution in [0.3, 0.4) is 0 Å². The van der Waals surface area contributed by atoms with Gasteiger partial charge in [-0.15, -0.1) is 0 Å². The molecule has 0 aliphatic carbocycles. The van der Waals surface area contributed by atoms with Crippen molar-refractivity contribution >= 4 is 45.9 Å². The average molecular weight is 421 g/mol. The molecule has 1 heterocycles. The van der Waals surface area contributed by atoms with Gasteiger partial charge in [0.15, 0.2) is 11.8 Å². The quantitative estimate of drug-likeness (QED) is 0.321. The number of carbonyl (C=O) groups excluding carboxylic acids is 1. The smallest absolute Gasteiger partial charge is 0.278 e. The molecule has 1 amide bonds. The van der Waals surface area contributed by atoms with Crippen molar-refractivity contribution in [1.82, 2.24) is 15.4 Å². The van der Waals surface area contributed by atoms with E-state index in [2.05, 4.69) is 36.4 Å². The third-order valence-electron chi connectivity index (χ3n) is 2.83. The van der Waals surface area contributed by atoms with Gasteiger partial charge in [-0.25, -0.2) is 10.4 Å². The number of nitrogens with one attached hydrogen (secondary N) is 1. The Morgan fingerprint density at radius 3 is 2.84 bits per heavy atom. The maximum Gasteiger partial charge on any atom is 0.278 e. The number of aromatic nitrogens is 2. The zero-order chi connectivity index (χ0) is 18.1. The normalized spacial score (nSPS) is 11.6. The lowest BCUT2D eigenvalue weighted by atomic mass is 10.2. The van der Waals surface area contributed by atoms with Crippen molar-refractivity contribution in [3.8, 4) is 5.88 Å². The number of hydrogen-bond acceptors (Lipinski definition) is 6. The van der Waals surface area contributed by atoms with Crippen LogP contribution in [0.15, 0.2) is 51.1 Å². The standard InChI is InChI=1S/C17H17BrN4O2S/c1-12-8-16(21-17(20-12)25-2)24-11-15(23)22-19-10-14(18)9-13-6-4-3-5-7-13/h3-10H,11H2,1-2H3,(H,22,23). The first-order valence-electron chi connectivity index (χ1n) is 7.33. The van der Waals surface area contributed by atoms with E-state index in [-0.39, 0.29) is 12.5 Å². The number of hydrazone groups is 1. The zero-order valence-corrected chi connectivity index (χ0v) is 16.2. The van der Waals surface area contributed by atoms with Crippen LogP contribution in [0.2, 0.25) is 0 Å². The van der Waals surface area contributed by atoms with Crippen LogP contribution in [-0.2, 0) is 4.79 Å². The van der Waals surface area contributed by atoms with Crippen LogP contribution in [0.4, 0.5) is 0 Å². The molecule has 0 fully saturated rings. The molecule has 8 heteroatoms. The number of carbonyl (C=O) groups is 1. The van der Waals surface area contributed by atoms with E-state index in [9.17, 15) is 4.79 Å². The van der Waals surface area contributed by atoms with Gasteiger partial charge in [0, 0.05) is 16.2 Å². The van der Waals surface area contributed by atoms with E-state index < -0.39 is 0 Å². The minimum Gasteiger partial charge on any atom is -0.467 e. The Morgan fingerprint density at radius 2 is 2.12 bits per heavy atom. The largest absolute Gasteiger partial charge is 0.467 e. The highest BCUT2D eigenvalue weighted by atomic mass is 79.9. The van der Waals surface area contributed by atoms with Gasteiger partial charge >= 0.3 is 0 Å². The predicted octanol–water partition coefficient (Wildman–Crippen LogP) is 3.42. The number of aryl methyl sites for hydroxylation is 1. The zero-order valence-electron chi connectivity index (χ0n) is 13.8. The number of thioether (sulfide) groups is 1. The minimum absolute atomic E-state index is 0.179. The van der Waals surface area contributed by atoms with E-state index in [1.165, 1.54) is 18.0 Å². The number of benzene rings is 1. The van der Waals surface area contributed by atoms with Crippen molar-refractivity contribution in [2.45, 2.75) is 12.1 Å². The summed E-state index contributed by atoms with van der Waals surface area (Å²) in [6.45, 7) is 1.66. The van der Waals surface area contributed by atoms with Gasteiger partial charge in [-0.1, -0.05) is 42.1 Å². The Bertz CT molecular complexity index is 781. The molecule has 0 saturated heterocycles. The number of allylic oxidation sites excluding steroid dienone is 1. The van der Waals surface area contributed by atoms with Gasteiger partial charge < -0.3 is 4.74 Å². The van der Waals surface area contributed by atoms with Crippen molar-refractivity contribution in [1.29, 1.82) is 0 Å². The second-order valence-corrected chi connectivity index (χ2v) is 6.55. The summed E-state index contributed by atoms with van der Waals surface area (Å²) in [5.74, 6) is -0.0145. The molecule has 130 valence electrons. The summed E-state index contributed by atoms with van der Waals surface area (Å²) in [6, 6.07) is 11.4. The van der Waals surface area contributed by atoms with E-state index >= 15 is 0 Å².